The summed E-state index contributed by atoms with van der Waals surface area (Å²) >= 11 is 5.39. The summed E-state index contributed by atoms with van der Waals surface area (Å²) in [5.74, 6) is 0. The minimum Gasteiger partial charge on any atom is -0.186 e. The molecule has 0 spiro atoms. The number of alkyl halides is 1. The third-order valence-electron chi connectivity index (χ3n) is 3.31. The van der Waals surface area contributed by atoms with Gasteiger partial charge in [-0.2, -0.15) is 4.57 Å². The molecule has 0 amide bonds. The monoisotopic (exact) mass is 326 g/mol. The molecular weight excluding hydrogens is 306 g/mol. The van der Waals surface area contributed by atoms with Gasteiger partial charge in [0.05, 0.1) is 0 Å². The first-order chi connectivity index (χ1) is 8.83. The van der Waals surface area contributed by atoms with Gasteiger partial charge in [0.1, 0.15) is 11.2 Å². The molecule has 1 aromatic heterocycles. The molecule has 0 saturated carbocycles. The second kappa shape index (κ2) is 7.25. The molecule has 98 valence electrons. The predicted molar refractivity (Wildman–Crippen MR) is 83.6 cm³/mol. The average Bonchev–Trinajstić information content (AvgIpc) is 2.70. The van der Waals surface area contributed by atoms with E-state index in [9.17, 15) is 0 Å². The van der Waals surface area contributed by atoms with Crippen molar-refractivity contribution in [3.05, 3.63) is 29.3 Å². The van der Waals surface area contributed by atoms with Gasteiger partial charge >= 0.3 is 0 Å². The Hall–Kier alpha value is -0.410. The van der Waals surface area contributed by atoms with Crippen LogP contribution < -0.4 is 4.57 Å². The van der Waals surface area contributed by atoms with Crippen molar-refractivity contribution in [2.24, 2.45) is 0 Å². The summed E-state index contributed by atoms with van der Waals surface area (Å²) in [6.45, 7) is 3.40. The molecule has 18 heavy (non-hydrogen) atoms. The molecule has 0 atom stereocenters. The van der Waals surface area contributed by atoms with Gasteiger partial charge < -0.3 is 0 Å². The smallest absolute Gasteiger partial charge is 0.186 e. The SMILES string of the molecule is Cc1sc2ccccc2[n+]1CCCCCCCBr. The van der Waals surface area contributed by atoms with Crippen molar-refractivity contribution >= 4 is 37.5 Å². The maximum atomic E-state index is 3.48. The Morgan fingerprint density at radius 2 is 1.78 bits per heavy atom. The van der Waals surface area contributed by atoms with Crippen LogP contribution in [0.1, 0.15) is 37.1 Å². The highest BCUT2D eigenvalue weighted by Gasteiger charge is 2.15. The van der Waals surface area contributed by atoms with E-state index in [1.807, 2.05) is 11.3 Å². The zero-order valence-corrected chi connectivity index (χ0v) is 13.4. The molecule has 0 bridgehead atoms. The lowest BCUT2D eigenvalue weighted by Crippen LogP contribution is -2.34. The van der Waals surface area contributed by atoms with E-state index >= 15 is 0 Å². The molecule has 3 heteroatoms. The number of hydrogen-bond acceptors (Lipinski definition) is 1. The van der Waals surface area contributed by atoms with Crippen LogP contribution in [0.3, 0.4) is 0 Å². The minimum atomic E-state index is 1.15. The first-order valence-corrected chi connectivity index (χ1v) is 8.70. The third kappa shape index (κ3) is 3.55. The summed E-state index contributed by atoms with van der Waals surface area (Å²) in [5, 5.41) is 2.58. The van der Waals surface area contributed by atoms with Crippen LogP contribution in [0, 0.1) is 6.92 Å². The van der Waals surface area contributed by atoms with Crippen molar-refractivity contribution in [2.45, 2.75) is 45.6 Å². The van der Waals surface area contributed by atoms with Crippen LogP contribution in [0.2, 0.25) is 0 Å². The standard InChI is InChI=1S/C15H21BrNS/c1-13-17(12-8-4-2-3-7-11-16)14-9-5-6-10-15(14)18-13/h5-6,9-10H,2-4,7-8,11-12H2,1H3/q+1. The Morgan fingerprint density at radius 3 is 2.61 bits per heavy atom. The van der Waals surface area contributed by atoms with Crippen LogP contribution in [-0.2, 0) is 6.54 Å². The Bertz CT molecular complexity index is 492. The van der Waals surface area contributed by atoms with Crippen LogP contribution in [0.4, 0.5) is 0 Å². The number of benzene rings is 1. The van der Waals surface area contributed by atoms with E-state index in [1.165, 1.54) is 53.9 Å². The lowest BCUT2D eigenvalue weighted by atomic mass is 10.1. The number of hydrogen-bond donors (Lipinski definition) is 0. The van der Waals surface area contributed by atoms with Crippen LogP contribution >= 0.6 is 27.3 Å². The zero-order chi connectivity index (χ0) is 12.8. The number of halogens is 1. The summed E-state index contributed by atoms with van der Waals surface area (Å²) in [5.41, 5.74) is 1.40. The second-order valence-electron chi connectivity index (χ2n) is 4.70. The number of para-hydroxylation sites is 1. The number of aromatic nitrogens is 1. The molecule has 2 aromatic rings. The summed E-state index contributed by atoms with van der Waals surface area (Å²) < 4.78 is 3.89. The first-order valence-electron chi connectivity index (χ1n) is 6.77. The normalized spacial score (nSPS) is 11.2. The number of rotatable bonds is 7. The second-order valence-corrected chi connectivity index (χ2v) is 6.72. The van der Waals surface area contributed by atoms with E-state index in [0.29, 0.717) is 0 Å². The Labute approximate surface area is 122 Å². The van der Waals surface area contributed by atoms with Gasteiger partial charge in [-0.1, -0.05) is 52.2 Å². The third-order valence-corrected chi connectivity index (χ3v) is 4.95. The summed E-state index contributed by atoms with van der Waals surface area (Å²) in [4.78, 5) is 0. The molecule has 2 rings (SSSR count). The van der Waals surface area contributed by atoms with Crippen molar-refractivity contribution in [1.82, 2.24) is 0 Å². The van der Waals surface area contributed by atoms with Gasteiger partial charge in [0, 0.05) is 24.7 Å². The largest absolute Gasteiger partial charge is 0.235 e. The summed E-state index contributed by atoms with van der Waals surface area (Å²) in [6, 6.07) is 8.73. The molecule has 0 N–H and O–H groups in total. The van der Waals surface area contributed by atoms with Gasteiger partial charge in [-0.05, 0) is 18.9 Å². The topological polar surface area (TPSA) is 3.88 Å². The highest BCUT2D eigenvalue weighted by atomic mass is 79.9. The number of thiazole rings is 1. The van der Waals surface area contributed by atoms with E-state index in [2.05, 4.69) is 51.7 Å². The minimum absolute atomic E-state index is 1.15. The lowest BCUT2D eigenvalue weighted by molar-refractivity contribution is -0.673. The van der Waals surface area contributed by atoms with E-state index in [0.717, 1.165) is 5.33 Å². The molecule has 0 saturated heterocycles. The molecule has 0 aliphatic rings. The van der Waals surface area contributed by atoms with Gasteiger partial charge in [0.2, 0.25) is 10.5 Å². The summed E-state index contributed by atoms with van der Waals surface area (Å²) in [7, 11) is 0. The fourth-order valence-electron chi connectivity index (χ4n) is 2.32. The van der Waals surface area contributed by atoms with Crippen molar-refractivity contribution in [3.63, 3.8) is 0 Å². The highest BCUT2D eigenvalue weighted by molar-refractivity contribution is 9.09. The zero-order valence-electron chi connectivity index (χ0n) is 11.0. The molecule has 0 unspecified atom stereocenters. The fraction of sp³-hybridized carbons (Fsp3) is 0.533. The van der Waals surface area contributed by atoms with Crippen molar-refractivity contribution < 1.29 is 4.57 Å². The maximum Gasteiger partial charge on any atom is 0.235 e. The van der Waals surface area contributed by atoms with Gasteiger partial charge in [-0.25, -0.2) is 0 Å². The average molecular weight is 327 g/mol. The van der Waals surface area contributed by atoms with E-state index in [-0.39, 0.29) is 0 Å². The molecule has 1 heterocycles. The molecule has 0 aliphatic heterocycles. The molecule has 1 aromatic carbocycles. The fourth-order valence-corrected chi connectivity index (χ4v) is 3.77. The Balaban J connectivity index is 1.89. The van der Waals surface area contributed by atoms with E-state index in [4.69, 9.17) is 0 Å². The molecular formula is C15H21BrNS+. The predicted octanol–water partition coefficient (Wildman–Crippen LogP) is 4.84. The van der Waals surface area contributed by atoms with Crippen LogP contribution in [0.25, 0.3) is 10.2 Å². The molecule has 1 nitrogen and oxygen atoms in total. The quantitative estimate of drug-likeness (QED) is 0.389. The van der Waals surface area contributed by atoms with E-state index in [1.54, 1.807) is 0 Å². The van der Waals surface area contributed by atoms with Crippen molar-refractivity contribution in [3.8, 4) is 0 Å². The number of aryl methyl sites for hydroxylation is 2. The first kappa shape index (κ1) is 14.0. The Kier molecular flexibility index (Phi) is 5.64. The number of fused-ring (bicyclic) bond motifs is 1. The molecule has 0 aliphatic carbocycles. The Morgan fingerprint density at radius 1 is 1.06 bits per heavy atom. The maximum absolute atomic E-state index is 3.48. The van der Waals surface area contributed by atoms with Crippen molar-refractivity contribution in [1.29, 1.82) is 0 Å². The summed E-state index contributed by atoms with van der Waals surface area (Å²) in [6.07, 6.45) is 6.69. The number of nitrogens with zero attached hydrogens (tertiary/aromatic N) is 1. The molecule has 0 radical (unpaired) electrons. The highest BCUT2D eigenvalue weighted by Crippen LogP contribution is 2.19. The van der Waals surface area contributed by atoms with Gasteiger partial charge in [-0.3, -0.25) is 0 Å². The van der Waals surface area contributed by atoms with Crippen LogP contribution in [0.5, 0.6) is 0 Å². The van der Waals surface area contributed by atoms with Crippen LogP contribution in [0.15, 0.2) is 24.3 Å². The molecule has 0 fully saturated rings. The van der Waals surface area contributed by atoms with Gasteiger partial charge in [0.15, 0.2) is 0 Å². The van der Waals surface area contributed by atoms with Crippen molar-refractivity contribution in [2.75, 3.05) is 5.33 Å². The van der Waals surface area contributed by atoms with Gasteiger partial charge in [-0.15, -0.1) is 0 Å². The lowest BCUT2D eigenvalue weighted by Gasteiger charge is -1.98. The van der Waals surface area contributed by atoms with Crippen LogP contribution in [-0.4, -0.2) is 5.33 Å². The van der Waals surface area contributed by atoms with E-state index < -0.39 is 0 Å². The van der Waals surface area contributed by atoms with Gasteiger partial charge in [0.25, 0.3) is 0 Å². The number of unbranched alkanes of at least 4 members (excludes halogenated alkanes) is 4.